The maximum Gasteiger partial charge on any atom is 0.229 e. The summed E-state index contributed by atoms with van der Waals surface area (Å²) in [4.78, 5) is 12.9. The van der Waals surface area contributed by atoms with Gasteiger partial charge in [-0.2, -0.15) is 0 Å². The number of carbonyl (C=O) groups is 1. The van der Waals surface area contributed by atoms with Crippen molar-refractivity contribution in [3.63, 3.8) is 0 Å². The van der Waals surface area contributed by atoms with Gasteiger partial charge in [0.1, 0.15) is 71.6 Å². The van der Waals surface area contributed by atoms with E-state index in [0.29, 0.717) is 5.56 Å². The zero-order valence-corrected chi connectivity index (χ0v) is 24.9. The van der Waals surface area contributed by atoms with E-state index in [2.05, 4.69) is 0 Å². The average molecular weight is 718 g/mol. The number of phenols is 2. The van der Waals surface area contributed by atoms with Crippen molar-refractivity contribution in [1.82, 2.24) is 0 Å². The van der Waals surface area contributed by atoms with Gasteiger partial charge in [-0.25, -0.2) is 0 Å². The van der Waals surface area contributed by atoms with E-state index in [1.54, 1.807) is 6.07 Å². The molecule has 0 aliphatic carbocycles. The second kappa shape index (κ2) is 13.9. The number of phenolic OH excluding ortho intramolecular Hbond substituents is 2. The topological polar surface area (TPSA) is 234 Å². The number of methoxy groups -OCH3 is 1. The molecular weight excluding hydrogens is 684 g/mol. The molecule has 3 heterocycles. The molecule has 16 heteroatoms. The van der Waals surface area contributed by atoms with Gasteiger partial charge in [-0.05, 0) is 24.6 Å². The molecule has 0 unspecified atom stereocenters. The van der Waals surface area contributed by atoms with Gasteiger partial charge in [0.15, 0.2) is 23.6 Å². The third-order valence-electron chi connectivity index (χ3n) is 7.70. The molecule has 1 radical (unpaired) electrons. The first-order valence-corrected chi connectivity index (χ1v) is 13.5. The fourth-order valence-electron chi connectivity index (χ4n) is 5.20. The number of ether oxygens (including phenoxy) is 6. The molecule has 3 aliphatic heterocycles. The SMILES string of the molecule is COc1ccc([C@@H]2CC(=O)c3c(O)cc(O[C@@H]4O[C@H](CO[C@@H]5O[C@@H](C)[C@H](O)[C@@H](O)[C@H]5O)[C@@H](O)[C@H](O)[C@H]4O)cc3O2)cc1O.[Ag]. The van der Waals surface area contributed by atoms with Crippen LogP contribution in [-0.2, 0) is 36.6 Å². The van der Waals surface area contributed by atoms with Crippen LogP contribution in [0.25, 0.3) is 0 Å². The van der Waals surface area contributed by atoms with Crippen LogP contribution in [-0.4, -0.2) is 122 Å². The van der Waals surface area contributed by atoms with Gasteiger partial charge in [-0.1, -0.05) is 6.07 Å². The minimum Gasteiger partial charge on any atom is -0.507 e. The van der Waals surface area contributed by atoms with Crippen molar-refractivity contribution >= 4 is 5.78 Å². The second-order valence-corrected chi connectivity index (χ2v) is 10.6. The van der Waals surface area contributed by atoms with Gasteiger partial charge in [0.2, 0.25) is 6.29 Å². The zero-order valence-electron chi connectivity index (χ0n) is 23.4. The first-order chi connectivity index (χ1) is 20.4. The molecule has 44 heavy (non-hydrogen) atoms. The van der Waals surface area contributed by atoms with Crippen molar-refractivity contribution in [3.8, 4) is 28.7 Å². The summed E-state index contributed by atoms with van der Waals surface area (Å²) in [6.07, 6.45) is -15.9. The summed E-state index contributed by atoms with van der Waals surface area (Å²) >= 11 is 0. The minimum atomic E-state index is -1.77. The van der Waals surface area contributed by atoms with Crippen LogP contribution in [0, 0.1) is 0 Å². The van der Waals surface area contributed by atoms with Crippen molar-refractivity contribution in [1.29, 1.82) is 0 Å². The van der Waals surface area contributed by atoms with E-state index in [1.807, 2.05) is 0 Å². The van der Waals surface area contributed by atoms with Crippen LogP contribution in [0.2, 0.25) is 0 Å². The predicted molar refractivity (Wildman–Crippen MR) is 141 cm³/mol. The van der Waals surface area contributed by atoms with E-state index in [9.17, 15) is 45.6 Å². The summed E-state index contributed by atoms with van der Waals surface area (Å²) in [6, 6.07) is 6.90. The van der Waals surface area contributed by atoms with Crippen LogP contribution in [0.15, 0.2) is 30.3 Å². The van der Waals surface area contributed by atoms with Crippen molar-refractivity contribution in [2.24, 2.45) is 0 Å². The molecule has 2 aromatic carbocycles. The van der Waals surface area contributed by atoms with Crippen molar-refractivity contribution in [3.05, 3.63) is 41.5 Å². The normalized spacial score (nSPS) is 35.2. The number of hydrogen-bond donors (Lipinski definition) is 8. The van der Waals surface area contributed by atoms with E-state index < -0.39 is 85.7 Å². The third kappa shape index (κ3) is 6.69. The summed E-state index contributed by atoms with van der Waals surface area (Å²) < 4.78 is 33.1. The molecule has 8 N–H and O–H groups in total. The number of hydrogen-bond acceptors (Lipinski definition) is 15. The molecule has 5 rings (SSSR count). The number of Topliss-reactive ketones (excluding diaryl/α,β-unsaturated/α-hetero) is 1. The maximum absolute atomic E-state index is 12.9. The Bertz CT molecular complexity index is 1330. The molecule has 2 saturated heterocycles. The van der Waals surface area contributed by atoms with Crippen LogP contribution in [0.1, 0.15) is 35.4 Å². The van der Waals surface area contributed by atoms with Crippen molar-refractivity contribution in [2.45, 2.75) is 80.9 Å². The number of benzene rings is 2. The Morgan fingerprint density at radius 3 is 2.20 bits per heavy atom. The largest absolute Gasteiger partial charge is 0.507 e. The van der Waals surface area contributed by atoms with Crippen LogP contribution in [0.5, 0.6) is 28.7 Å². The van der Waals surface area contributed by atoms with Gasteiger partial charge in [-0.15, -0.1) is 0 Å². The van der Waals surface area contributed by atoms with Crippen molar-refractivity contribution < 1.29 is 96.4 Å². The molecule has 11 atom stereocenters. The van der Waals surface area contributed by atoms with Crippen molar-refractivity contribution in [2.75, 3.05) is 13.7 Å². The Morgan fingerprint density at radius 1 is 0.841 bits per heavy atom. The van der Waals surface area contributed by atoms with E-state index in [4.69, 9.17) is 28.4 Å². The molecule has 0 aromatic heterocycles. The molecule has 0 bridgehead atoms. The standard InChI is InChI=1S/C28H34O15.Ag/c1-10-21(32)23(34)25(36)27(40-10)39-9-19-22(33)24(35)26(37)28(43-19)41-12-6-14(30)20-15(31)8-17(42-18(20)7-12)11-3-4-16(38-2)13(29)5-11;/h3-7,10,17,19,21-30,32-37H,8-9H2,1-2H3;/t10-,17-,19+,21-,22+,23+,24-,25+,26+,27+,28+;/m0./s1. The van der Waals surface area contributed by atoms with Crippen LogP contribution < -0.4 is 14.2 Å². The Hall–Kier alpha value is -2.51. The molecule has 0 saturated carbocycles. The molecule has 15 nitrogen and oxygen atoms in total. The van der Waals surface area contributed by atoms with E-state index in [-0.39, 0.29) is 57.4 Å². The zero-order chi connectivity index (χ0) is 31.2. The van der Waals surface area contributed by atoms with E-state index in [1.165, 1.54) is 32.2 Å². The molecule has 2 aromatic rings. The smallest absolute Gasteiger partial charge is 0.229 e. The van der Waals surface area contributed by atoms with Gasteiger partial charge in [0, 0.05) is 34.5 Å². The number of aliphatic hydroxyl groups excluding tert-OH is 6. The summed E-state index contributed by atoms with van der Waals surface area (Å²) in [5.41, 5.74) is 0.373. The minimum absolute atomic E-state index is 0. The van der Waals surface area contributed by atoms with E-state index >= 15 is 0 Å². The quantitative estimate of drug-likeness (QED) is 0.158. The first kappa shape index (κ1) is 34.4. The second-order valence-electron chi connectivity index (χ2n) is 10.6. The third-order valence-corrected chi connectivity index (χ3v) is 7.70. The van der Waals surface area contributed by atoms with Gasteiger partial charge < -0.3 is 69.3 Å². The number of rotatable bonds is 7. The Kier molecular flexibility index (Phi) is 10.8. The molecule has 0 spiro atoms. The van der Waals surface area contributed by atoms with Crippen LogP contribution >= 0.6 is 0 Å². The fraction of sp³-hybridized carbons (Fsp3) is 0.536. The number of aromatic hydroxyl groups is 2. The molecule has 247 valence electrons. The van der Waals surface area contributed by atoms with Gasteiger partial charge in [0.05, 0.1) is 26.2 Å². The summed E-state index contributed by atoms with van der Waals surface area (Å²) in [7, 11) is 1.39. The first-order valence-electron chi connectivity index (χ1n) is 13.5. The Balaban J connectivity index is 0.00000442. The predicted octanol–water partition coefficient (Wildman–Crippen LogP) is -1.16. The monoisotopic (exact) mass is 717 g/mol. The van der Waals surface area contributed by atoms with Crippen LogP contribution in [0.3, 0.4) is 0 Å². The Morgan fingerprint density at radius 2 is 1.52 bits per heavy atom. The summed E-state index contributed by atoms with van der Waals surface area (Å²) in [5, 5.41) is 82.2. The Labute approximate surface area is 266 Å². The number of aliphatic hydroxyl groups is 6. The maximum atomic E-state index is 12.9. The summed E-state index contributed by atoms with van der Waals surface area (Å²) in [5.74, 6) is -0.999. The van der Waals surface area contributed by atoms with Gasteiger partial charge >= 0.3 is 0 Å². The van der Waals surface area contributed by atoms with Crippen LogP contribution in [0.4, 0.5) is 0 Å². The van der Waals surface area contributed by atoms with E-state index in [0.717, 1.165) is 6.07 Å². The number of ketones is 1. The molecule has 2 fully saturated rings. The molecule has 0 amide bonds. The number of fused-ring (bicyclic) bond motifs is 1. The van der Waals surface area contributed by atoms with Gasteiger partial charge in [0.25, 0.3) is 0 Å². The van der Waals surface area contributed by atoms with Gasteiger partial charge in [-0.3, -0.25) is 4.79 Å². The number of carbonyl (C=O) groups excluding carboxylic acids is 1. The molecule has 3 aliphatic rings. The average Bonchev–Trinajstić information content (AvgIpc) is 2.97. The fourth-order valence-corrected chi connectivity index (χ4v) is 5.20. The summed E-state index contributed by atoms with van der Waals surface area (Å²) in [6.45, 7) is 0.964. The molecular formula is C28H34AgO15.